The first kappa shape index (κ1) is 25.9. The first-order valence-corrected chi connectivity index (χ1v) is 13.8. The molecule has 4 heteroatoms. The molecule has 0 aliphatic heterocycles. The van der Waals surface area contributed by atoms with Gasteiger partial charge in [0.05, 0.1) is 29.2 Å². The quantitative estimate of drug-likeness (QED) is 0.0893. The van der Waals surface area contributed by atoms with Crippen LogP contribution in [0, 0.1) is 18.3 Å². The standard InChI is InChI=1S/C37H30N4/c1-3-40-36-12-8-7-11-34(36)35-24-29(17-22-37(35)40)26-39-41(32-9-5-4-6-10-32)33-20-15-28(16-21-33)23-31(25-38)30-18-13-27(2)14-19-30/h4-24,26H,3H2,1-2H3. The molecular formula is C37H30N4. The number of hydrazone groups is 1. The average molecular weight is 531 g/mol. The van der Waals surface area contributed by atoms with Gasteiger partial charge in [-0.25, -0.2) is 5.01 Å². The van der Waals surface area contributed by atoms with E-state index in [4.69, 9.17) is 5.10 Å². The van der Waals surface area contributed by atoms with E-state index < -0.39 is 0 Å². The van der Waals surface area contributed by atoms with Crippen molar-refractivity contribution < 1.29 is 0 Å². The monoisotopic (exact) mass is 530 g/mol. The number of hydrogen-bond donors (Lipinski definition) is 0. The summed E-state index contributed by atoms with van der Waals surface area (Å²) in [4.78, 5) is 0. The highest BCUT2D eigenvalue weighted by Gasteiger charge is 2.11. The van der Waals surface area contributed by atoms with Crippen molar-refractivity contribution in [3.63, 3.8) is 0 Å². The fourth-order valence-corrected chi connectivity index (χ4v) is 5.26. The summed E-state index contributed by atoms with van der Waals surface area (Å²) in [6, 6.07) is 43.7. The summed E-state index contributed by atoms with van der Waals surface area (Å²) in [6.45, 7) is 5.15. The maximum absolute atomic E-state index is 9.77. The predicted octanol–water partition coefficient (Wildman–Crippen LogP) is 9.36. The van der Waals surface area contributed by atoms with Gasteiger partial charge in [0, 0.05) is 28.4 Å². The van der Waals surface area contributed by atoms with Crippen LogP contribution < -0.4 is 5.01 Å². The Labute approximate surface area is 240 Å². The molecule has 0 N–H and O–H groups in total. The van der Waals surface area contributed by atoms with Crippen molar-refractivity contribution in [1.29, 1.82) is 5.26 Å². The van der Waals surface area contributed by atoms with Gasteiger partial charge < -0.3 is 4.57 Å². The maximum Gasteiger partial charge on any atom is 0.0998 e. The second kappa shape index (κ2) is 11.4. The van der Waals surface area contributed by atoms with E-state index in [9.17, 15) is 5.26 Å². The van der Waals surface area contributed by atoms with Crippen molar-refractivity contribution in [2.75, 3.05) is 5.01 Å². The van der Waals surface area contributed by atoms with Crippen LogP contribution in [0.5, 0.6) is 0 Å². The minimum atomic E-state index is 0.635. The van der Waals surface area contributed by atoms with Crippen LogP contribution >= 0.6 is 0 Å². The van der Waals surface area contributed by atoms with Crippen LogP contribution in [-0.2, 0) is 6.54 Å². The van der Waals surface area contributed by atoms with Crippen LogP contribution in [-0.4, -0.2) is 10.8 Å². The summed E-state index contributed by atoms with van der Waals surface area (Å²) in [5.74, 6) is 0. The molecule has 0 fully saturated rings. The van der Waals surface area contributed by atoms with Crippen molar-refractivity contribution in [2.45, 2.75) is 20.4 Å². The third-order valence-electron chi connectivity index (χ3n) is 7.37. The van der Waals surface area contributed by atoms with E-state index in [1.165, 1.54) is 27.4 Å². The van der Waals surface area contributed by atoms with Crippen LogP contribution in [0.2, 0.25) is 0 Å². The first-order valence-electron chi connectivity index (χ1n) is 13.8. The SMILES string of the molecule is CCn1c2ccccc2c2cc(C=NN(c3ccccc3)c3ccc(C=C(C#N)c4ccc(C)cc4)cc3)ccc21. The number of nitrogens with zero attached hydrogens (tertiary/aromatic N) is 4. The Bertz CT molecular complexity index is 1920. The third kappa shape index (κ3) is 5.26. The van der Waals surface area contributed by atoms with E-state index in [0.717, 1.165) is 34.6 Å². The van der Waals surface area contributed by atoms with E-state index in [0.29, 0.717) is 5.57 Å². The molecule has 6 rings (SSSR count). The summed E-state index contributed by atoms with van der Waals surface area (Å²) in [6.07, 6.45) is 3.84. The number of allylic oxidation sites excluding steroid dienone is 1. The molecule has 0 saturated carbocycles. The third-order valence-corrected chi connectivity index (χ3v) is 7.37. The lowest BCUT2D eigenvalue weighted by molar-refractivity contribution is 0.827. The molecular weight excluding hydrogens is 500 g/mol. The van der Waals surface area contributed by atoms with E-state index in [1.807, 2.05) is 103 Å². The first-order chi connectivity index (χ1) is 20.1. The number of aryl methyl sites for hydroxylation is 2. The Kier molecular flexibility index (Phi) is 7.17. The molecule has 0 unspecified atom stereocenters. The molecule has 0 aliphatic rings. The smallest absolute Gasteiger partial charge is 0.0998 e. The number of para-hydroxylation sites is 2. The number of benzene rings is 5. The minimum Gasteiger partial charge on any atom is -0.341 e. The summed E-state index contributed by atoms with van der Waals surface area (Å²) in [5, 5.41) is 19.1. The number of nitriles is 1. The van der Waals surface area contributed by atoms with Gasteiger partial charge in [0.25, 0.3) is 0 Å². The highest BCUT2D eigenvalue weighted by atomic mass is 15.5. The molecule has 0 spiro atoms. The molecule has 41 heavy (non-hydrogen) atoms. The van der Waals surface area contributed by atoms with Crippen LogP contribution in [0.4, 0.5) is 11.4 Å². The number of fused-ring (bicyclic) bond motifs is 3. The number of hydrogen-bond acceptors (Lipinski definition) is 3. The fourth-order valence-electron chi connectivity index (χ4n) is 5.26. The Morgan fingerprint density at radius 2 is 1.41 bits per heavy atom. The molecule has 1 heterocycles. The summed E-state index contributed by atoms with van der Waals surface area (Å²) >= 11 is 0. The lowest BCUT2D eigenvalue weighted by Gasteiger charge is -2.19. The van der Waals surface area contributed by atoms with Gasteiger partial charge in [-0.1, -0.05) is 84.4 Å². The average Bonchev–Trinajstić information content (AvgIpc) is 3.34. The molecule has 0 amide bonds. The second-order valence-electron chi connectivity index (χ2n) is 10.1. The van der Waals surface area contributed by atoms with Crippen LogP contribution in [0.15, 0.2) is 126 Å². The molecule has 198 valence electrons. The second-order valence-corrected chi connectivity index (χ2v) is 10.1. The Morgan fingerprint density at radius 3 is 2.15 bits per heavy atom. The van der Waals surface area contributed by atoms with Crippen LogP contribution in [0.3, 0.4) is 0 Å². The van der Waals surface area contributed by atoms with Gasteiger partial charge >= 0.3 is 0 Å². The van der Waals surface area contributed by atoms with Crippen molar-refractivity contribution in [3.05, 3.63) is 144 Å². The van der Waals surface area contributed by atoms with Gasteiger partial charge in [-0.15, -0.1) is 0 Å². The normalized spacial score (nSPS) is 11.8. The summed E-state index contributed by atoms with van der Waals surface area (Å²) in [7, 11) is 0. The van der Waals surface area contributed by atoms with E-state index >= 15 is 0 Å². The predicted molar refractivity (Wildman–Crippen MR) is 172 cm³/mol. The molecule has 1 aromatic heterocycles. The van der Waals surface area contributed by atoms with Gasteiger partial charge in [-0.05, 0) is 79.1 Å². The molecule has 4 nitrogen and oxygen atoms in total. The zero-order chi connectivity index (χ0) is 28.2. The summed E-state index contributed by atoms with van der Waals surface area (Å²) < 4.78 is 2.36. The number of aromatic nitrogens is 1. The van der Waals surface area contributed by atoms with Gasteiger partial charge in [-0.2, -0.15) is 10.4 Å². The lowest BCUT2D eigenvalue weighted by Crippen LogP contribution is -2.09. The molecule has 6 aromatic rings. The van der Waals surface area contributed by atoms with E-state index in [-0.39, 0.29) is 0 Å². The Morgan fingerprint density at radius 1 is 0.756 bits per heavy atom. The van der Waals surface area contributed by atoms with Crippen molar-refractivity contribution in [2.24, 2.45) is 5.10 Å². The zero-order valence-electron chi connectivity index (χ0n) is 23.2. The van der Waals surface area contributed by atoms with E-state index in [1.54, 1.807) is 0 Å². The Hall–Kier alpha value is -5.40. The fraction of sp³-hybridized carbons (Fsp3) is 0.0811. The Balaban J connectivity index is 1.34. The molecule has 0 bridgehead atoms. The van der Waals surface area contributed by atoms with Crippen LogP contribution in [0.25, 0.3) is 33.5 Å². The van der Waals surface area contributed by atoms with Gasteiger partial charge in [0.2, 0.25) is 0 Å². The van der Waals surface area contributed by atoms with Gasteiger partial charge in [-0.3, -0.25) is 0 Å². The highest BCUT2D eigenvalue weighted by molar-refractivity contribution is 6.09. The lowest BCUT2D eigenvalue weighted by atomic mass is 10.0. The molecule has 0 aliphatic carbocycles. The molecule has 0 atom stereocenters. The number of rotatable bonds is 7. The van der Waals surface area contributed by atoms with Crippen LogP contribution in [0.1, 0.15) is 29.2 Å². The van der Waals surface area contributed by atoms with Crippen molar-refractivity contribution in [3.8, 4) is 6.07 Å². The van der Waals surface area contributed by atoms with Gasteiger partial charge in [0.1, 0.15) is 0 Å². The minimum absolute atomic E-state index is 0.635. The largest absolute Gasteiger partial charge is 0.341 e. The highest BCUT2D eigenvalue weighted by Crippen LogP contribution is 2.30. The zero-order valence-corrected chi connectivity index (χ0v) is 23.2. The van der Waals surface area contributed by atoms with E-state index in [2.05, 4.69) is 60.0 Å². The maximum atomic E-state index is 9.77. The topological polar surface area (TPSA) is 44.3 Å². The number of anilines is 2. The molecule has 0 saturated heterocycles. The summed E-state index contributed by atoms with van der Waals surface area (Å²) in [5.41, 5.74) is 9.10. The molecule has 0 radical (unpaired) electrons. The van der Waals surface area contributed by atoms with Crippen molar-refractivity contribution in [1.82, 2.24) is 4.57 Å². The van der Waals surface area contributed by atoms with Gasteiger partial charge in [0.15, 0.2) is 0 Å². The molecule has 5 aromatic carbocycles. The van der Waals surface area contributed by atoms with Crippen molar-refractivity contribution >= 4 is 51.0 Å².